The van der Waals surface area contributed by atoms with Crippen molar-refractivity contribution in [2.75, 3.05) is 0 Å². The molecule has 0 aliphatic rings. The molecule has 3 aromatic rings. The second-order valence-corrected chi connectivity index (χ2v) is 4.21. The van der Waals surface area contributed by atoms with E-state index in [1.54, 1.807) is 12.3 Å². The summed E-state index contributed by atoms with van der Waals surface area (Å²) >= 11 is 4.96. The molecule has 1 N–H and O–H groups in total. The third kappa shape index (κ3) is 2.10. The monoisotopic (exact) mass is 254 g/mol. The van der Waals surface area contributed by atoms with Crippen LogP contribution < -0.4 is 4.74 Å². The smallest absolute Gasteiger partial charge is 0.201 e. The molecule has 0 fully saturated rings. The van der Waals surface area contributed by atoms with E-state index in [-0.39, 0.29) is 0 Å². The number of aromatic nitrogens is 2. The molecule has 0 radical (unpaired) electrons. The Kier molecular flexibility index (Phi) is 2.78. The number of hydrogen-bond acceptors (Lipinski definition) is 3. The molecular formula is C14H10N2OS. The molecule has 0 saturated heterocycles. The molecule has 3 nitrogen and oxygen atoms in total. The number of rotatable bonds is 2. The van der Waals surface area contributed by atoms with Crippen molar-refractivity contribution < 1.29 is 4.74 Å². The van der Waals surface area contributed by atoms with Crippen LogP contribution >= 0.6 is 12.2 Å². The minimum atomic E-state index is 0.410. The normalized spacial score (nSPS) is 10.4. The molecule has 1 heterocycles. The first-order valence-corrected chi connectivity index (χ1v) is 5.95. The fourth-order valence-electron chi connectivity index (χ4n) is 1.81. The molecule has 0 saturated carbocycles. The number of benzene rings is 2. The molecule has 0 unspecified atom stereocenters. The Morgan fingerprint density at radius 2 is 1.83 bits per heavy atom. The topological polar surface area (TPSA) is 37.9 Å². The van der Waals surface area contributed by atoms with Crippen molar-refractivity contribution in [3.63, 3.8) is 0 Å². The van der Waals surface area contributed by atoms with Crippen LogP contribution in [0.3, 0.4) is 0 Å². The number of nitrogens with one attached hydrogen (secondary N) is 1. The largest absolute Gasteiger partial charge is 0.440 e. The van der Waals surface area contributed by atoms with Gasteiger partial charge in [0.1, 0.15) is 5.75 Å². The van der Waals surface area contributed by atoms with Gasteiger partial charge >= 0.3 is 0 Å². The highest BCUT2D eigenvalue weighted by Gasteiger charge is 2.02. The molecular weight excluding hydrogens is 244 g/mol. The van der Waals surface area contributed by atoms with Crippen LogP contribution in [0.15, 0.2) is 54.7 Å². The Labute approximate surface area is 109 Å². The summed E-state index contributed by atoms with van der Waals surface area (Å²) in [5.41, 5.74) is 0. The molecule has 0 atom stereocenters. The van der Waals surface area contributed by atoms with Crippen LogP contribution in [0.4, 0.5) is 0 Å². The van der Waals surface area contributed by atoms with Crippen LogP contribution in [0, 0.1) is 4.77 Å². The van der Waals surface area contributed by atoms with E-state index in [4.69, 9.17) is 17.0 Å². The van der Waals surface area contributed by atoms with Gasteiger partial charge in [0.15, 0.2) is 4.77 Å². The lowest BCUT2D eigenvalue weighted by atomic mass is 10.1. The zero-order chi connectivity index (χ0) is 12.4. The molecule has 3 rings (SSSR count). The highest BCUT2D eigenvalue weighted by Crippen LogP contribution is 2.28. The van der Waals surface area contributed by atoms with Crippen LogP contribution in [0.5, 0.6) is 11.6 Å². The van der Waals surface area contributed by atoms with Crippen LogP contribution in [0.2, 0.25) is 0 Å². The first-order chi connectivity index (χ1) is 8.83. The molecule has 0 aliphatic carbocycles. The van der Waals surface area contributed by atoms with Gasteiger partial charge in [0, 0.05) is 17.6 Å². The third-order valence-electron chi connectivity index (χ3n) is 2.62. The van der Waals surface area contributed by atoms with Gasteiger partial charge in [0.25, 0.3) is 0 Å². The maximum atomic E-state index is 5.81. The molecule has 0 aliphatic heterocycles. The molecule has 0 spiro atoms. The fourth-order valence-corrected chi connectivity index (χ4v) is 1.98. The first-order valence-electron chi connectivity index (χ1n) is 5.54. The van der Waals surface area contributed by atoms with Crippen molar-refractivity contribution in [3.05, 3.63) is 59.5 Å². The first kappa shape index (κ1) is 10.9. The summed E-state index contributed by atoms with van der Waals surface area (Å²) in [6.45, 7) is 0. The summed E-state index contributed by atoms with van der Waals surface area (Å²) in [4.78, 5) is 6.82. The van der Waals surface area contributed by atoms with E-state index in [1.807, 2.05) is 30.3 Å². The maximum Gasteiger partial charge on any atom is 0.201 e. The number of H-pyrrole nitrogens is 1. The molecule has 2 aromatic carbocycles. The van der Waals surface area contributed by atoms with Gasteiger partial charge in [-0.15, -0.1) is 0 Å². The van der Waals surface area contributed by atoms with Gasteiger partial charge in [-0.3, -0.25) is 0 Å². The molecule has 1 aromatic heterocycles. The second kappa shape index (κ2) is 4.58. The maximum absolute atomic E-state index is 5.81. The van der Waals surface area contributed by atoms with Crippen molar-refractivity contribution in [2.24, 2.45) is 0 Å². The summed E-state index contributed by atoms with van der Waals surface area (Å²) in [6.07, 6.45) is 1.62. The summed E-state index contributed by atoms with van der Waals surface area (Å²) in [5, 5.41) is 2.21. The Balaban J connectivity index is 2.07. The van der Waals surface area contributed by atoms with E-state index < -0.39 is 0 Å². The van der Waals surface area contributed by atoms with E-state index in [0.717, 1.165) is 16.5 Å². The van der Waals surface area contributed by atoms with Crippen LogP contribution in [-0.4, -0.2) is 9.97 Å². The van der Waals surface area contributed by atoms with Crippen molar-refractivity contribution in [3.8, 4) is 11.6 Å². The van der Waals surface area contributed by atoms with Gasteiger partial charge < -0.3 is 9.72 Å². The zero-order valence-corrected chi connectivity index (χ0v) is 10.3. The van der Waals surface area contributed by atoms with E-state index in [1.165, 1.54) is 0 Å². The highest BCUT2D eigenvalue weighted by molar-refractivity contribution is 7.71. The summed E-state index contributed by atoms with van der Waals surface area (Å²) in [5.74, 6) is 1.39. The summed E-state index contributed by atoms with van der Waals surface area (Å²) in [7, 11) is 0. The quantitative estimate of drug-likeness (QED) is 0.700. The highest BCUT2D eigenvalue weighted by atomic mass is 32.1. The molecule has 0 amide bonds. The number of ether oxygens (including phenoxy) is 1. The van der Waals surface area contributed by atoms with Gasteiger partial charge in [0.2, 0.25) is 5.88 Å². The SMILES string of the molecule is S=c1nccc(Oc2cccc3ccccc23)[nH]1. The van der Waals surface area contributed by atoms with Crippen molar-refractivity contribution in [1.82, 2.24) is 9.97 Å². The average molecular weight is 254 g/mol. The van der Waals surface area contributed by atoms with Gasteiger partial charge in [-0.25, -0.2) is 4.98 Å². The van der Waals surface area contributed by atoms with Crippen molar-refractivity contribution in [1.29, 1.82) is 0 Å². The second-order valence-electron chi connectivity index (χ2n) is 3.82. The average Bonchev–Trinajstić information content (AvgIpc) is 2.39. The minimum absolute atomic E-state index is 0.410. The van der Waals surface area contributed by atoms with E-state index in [2.05, 4.69) is 22.1 Å². The van der Waals surface area contributed by atoms with E-state index in [0.29, 0.717) is 10.7 Å². The Hall–Kier alpha value is -2.20. The lowest BCUT2D eigenvalue weighted by Crippen LogP contribution is -1.90. The Morgan fingerprint density at radius 1 is 1.00 bits per heavy atom. The van der Waals surface area contributed by atoms with Crippen LogP contribution in [0.25, 0.3) is 10.8 Å². The van der Waals surface area contributed by atoms with Gasteiger partial charge in [0.05, 0.1) is 0 Å². The predicted molar refractivity (Wildman–Crippen MR) is 73.4 cm³/mol. The Bertz CT molecular complexity index is 746. The molecule has 88 valence electrons. The fraction of sp³-hybridized carbons (Fsp3) is 0. The standard InChI is InChI=1S/C14H10N2OS/c18-14-15-9-8-13(16-14)17-12-7-3-5-10-4-1-2-6-11(10)12/h1-9H,(H,15,16,18). The molecule has 18 heavy (non-hydrogen) atoms. The Morgan fingerprint density at radius 3 is 2.72 bits per heavy atom. The van der Waals surface area contributed by atoms with Crippen LogP contribution in [-0.2, 0) is 0 Å². The van der Waals surface area contributed by atoms with Gasteiger partial charge in [-0.05, 0) is 23.7 Å². The summed E-state index contributed by atoms with van der Waals surface area (Å²) < 4.78 is 6.22. The molecule has 0 bridgehead atoms. The van der Waals surface area contributed by atoms with Gasteiger partial charge in [-0.2, -0.15) is 0 Å². The number of hydrogen-bond donors (Lipinski definition) is 1. The number of nitrogens with zero attached hydrogens (tertiary/aromatic N) is 1. The van der Waals surface area contributed by atoms with Crippen LogP contribution in [0.1, 0.15) is 0 Å². The van der Waals surface area contributed by atoms with E-state index in [9.17, 15) is 0 Å². The zero-order valence-electron chi connectivity index (χ0n) is 9.46. The minimum Gasteiger partial charge on any atom is -0.440 e. The van der Waals surface area contributed by atoms with Crippen molar-refractivity contribution in [2.45, 2.75) is 0 Å². The third-order valence-corrected chi connectivity index (χ3v) is 2.82. The van der Waals surface area contributed by atoms with Gasteiger partial charge in [-0.1, -0.05) is 36.4 Å². The molecule has 4 heteroatoms. The lowest BCUT2D eigenvalue weighted by Gasteiger charge is -2.08. The lowest BCUT2D eigenvalue weighted by molar-refractivity contribution is 0.466. The van der Waals surface area contributed by atoms with Crippen molar-refractivity contribution >= 4 is 23.0 Å². The predicted octanol–water partition coefficient (Wildman–Crippen LogP) is 4.08. The summed E-state index contributed by atoms with van der Waals surface area (Å²) in [6, 6.07) is 15.8. The number of fused-ring (bicyclic) bond motifs is 1. The van der Waals surface area contributed by atoms with E-state index >= 15 is 0 Å². The number of aromatic amines is 1.